The molecule has 9 aromatic rings. The van der Waals surface area contributed by atoms with E-state index in [0.29, 0.717) is 0 Å². The molecule has 51 heavy (non-hydrogen) atoms. The van der Waals surface area contributed by atoms with Crippen LogP contribution in [-0.2, 0) is 5.41 Å². The second kappa shape index (κ2) is 11.8. The number of hydrogen-bond acceptors (Lipinski definition) is 2. The fourth-order valence-corrected chi connectivity index (χ4v) is 8.47. The third-order valence-electron chi connectivity index (χ3n) is 10.6. The maximum Gasteiger partial charge on any atom is 0.159 e. The predicted octanol–water partition coefficient (Wildman–Crippen LogP) is 13.1. The van der Waals surface area contributed by atoms with E-state index in [0.717, 1.165) is 55.7 Å². The molecule has 0 aliphatic heterocycles. The first kappa shape index (κ1) is 29.3. The van der Waals surface area contributed by atoms with Gasteiger partial charge < -0.3 is 9.32 Å². The molecular formula is C49H33NO. The van der Waals surface area contributed by atoms with E-state index in [1.807, 2.05) is 0 Å². The summed E-state index contributed by atoms with van der Waals surface area (Å²) in [5.74, 6) is 0. The van der Waals surface area contributed by atoms with E-state index < -0.39 is 5.41 Å². The smallest absolute Gasteiger partial charge is 0.159 e. The number of fused-ring (bicyclic) bond motifs is 6. The standard InChI is InChI=1S/C49H33NO/c1-4-18-34(19-5-1)37-24-12-15-32-45(37)50(36-22-8-3-9-23-36)46-33-17-28-41-40-27-16-31-44(47(40)51-48(41)46)49(35-20-6-2-7-21-35)42-29-13-10-25-38(42)39-26-11-14-30-43(39)49/h1-33H. The highest BCUT2D eigenvalue weighted by atomic mass is 16.3. The summed E-state index contributed by atoms with van der Waals surface area (Å²) >= 11 is 0. The number of furan rings is 1. The third kappa shape index (κ3) is 4.36. The molecule has 0 amide bonds. The molecular weight excluding hydrogens is 619 g/mol. The largest absolute Gasteiger partial charge is 0.453 e. The molecule has 2 heteroatoms. The molecule has 2 nitrogen and oxygen atoms in total. The first-order chi connectivity index (χ1) is 25.3. The highest BCUT2D eigenvalue weighted by Gasteiger charge is 2.47. The molecule has 10 rings (SSSR count). The highest BCUT2D eigenvalue weighted by molar-refractivity contribution is 6.12. The summed E-state index contributed by atoms with van der Waals surface area (Å²) in [5, 5.41) is 2.19. The van der Waals surface area contributed by atoms with Gasteiger partial charge in [0.15, 0.2) is 5.58 Å². The summed E-state index contributed by atoms with van der Waals surface area (Å²) in [6.07, 6.45) is 0. The van der Waals surface area contributed by atoms with Gasteiger partial charge in [-0.1, -0.05) is 176 Å². The maximum absolute atomic E-state index is 7.33. The van der Waals surface area contributed by atoms with Gasteiger partial charge in [-0.25, -0.2) is 0 Å². The lowest BCUT2D eigenvalue weighted by atomic mass is 9.67. The molecule has 240 valence electrons. The summed E-state index contributed by atoms with van der Waals surface area (Å²) in [4.78, 5) is 2.35. The Balaban J connectivity index is 1.29. The van der Waals surface area contributed by atoms with Crippen LogP contribution in [0.5, 0.6) is 0 Å². The SMILES string of the molecule is c1ccc(-c2ccccc2N(c2ccccc2)c2cccc3c2oc2c(C4(c5ccccc5)c5ccccc5-c5ccccc54)cccc23)cc1. The van der Waals surface area contributed by atoms with Gasteiger partial charge in [-0.15, -0.1) is 0 Å². The van der Waals surface area contributed by atoms with Crippen molar-refractivity contribution in [2.45, 2.75) is 5.41 Å². The van der Waals surface area contributed by atoms with Gasteiger partial charge in [0.1, 0.15) is 5.58 Å². The van der Waals surface area contributed by atoms with Gasteiger partial charge in [0.25, 0.3) is 0 Å². The monoisotopic (exact) mass is 651 g/mol. The van der Waals surface area contributed by atoms with Gasteiger partial charge in [0.05, 0.1) is 16.8 Å². The molecule has 1 aliphatic carbocycles. The minimum Gasteiger partial charge on any atom is -0.453 e. The molecule has 1 aliphatic rings. The summed E-state index contributed by atoms with van der Waals surface area (Å²) in [6.45, 7) is 0. The van der Waals surface area contributed by atoms with Crippen molar-refractivity contribution in [1.82, 2.24) is 0 Å². The van der Waals surface area contributed by atoms with E-state index in [2.05, 4.69) is 205 Å². The minimum atomic E-state index is -0.568. The first-order valence-electron chi connectivity index (χ1n) is 17.5. The van der Waals surface area contributed by atoms with E-state index in [1.54, 1.807) is 0 Å². The van der Waals surface area contributed by atoms with Crippen LogP contribution in [0.1, 0.15) is 22.3 Å². The van der Waals surface area contributed by atoms with Gasteiger partial charge >= 0.3 is 0 Å². The van der Waals surface area contributed by atoms with Gasteiger partial charge in [0, 0.05) is 27.6 Å². The Morgan fingerprint density at radius 2 is 0.843 bits per heavy atom. The van der Waals surface area contributed by atoms with Crippen molar-refractivity contribution in [2.24, 2.45) is 0 Å². The van der Waals surface area contributed by atoms with Crippen LogP contribution >= 0.6 is 0 Å². The topological polar surface area (TPSA) is 16.4 Å². The molecule has 0 N–H and O–H groups in total. The average molecular weight is 652 g/mol. The molecule has 0 fully saturated rings. The van der Waals surface area contributed by atoms with Crippen LogP contribution in [0.4, 0.5) is 17.1 Å². The fourth-order valence-electron chi connectivity index (χ4n) is 8.47. The Bertz CT molecular complexity index is 2650. The Morgan fingerprint density at radius 3 is 1.53 bits per heavy atom. The zero-order chi connectivity index (χ0) is 33.8. The summed E-state index contributed by atoms with van der Waals surface area (Å²) < 4.78 is 7.33. The number of anilines is 3. The molecule has 0 saturated carbocycles. The van der Waals surface area contributed by atoms with Crippen LogP contribution in [0.15, 0.2) is 205 Å². The van der Waals surface area contributed by atoms with Crippen molar-refractivity contribution in [3.63, 3.8) is 0 Å². The number of hydrogen-bond donors (Lipinski definition) is 0. The zero-order valence-corrected chi connectivity index (χ0v) is 27.9. The van der Waals surface area contributed by atoms with Crippen LogP contribution in [0.2, 0.25) is 0 Å². The highest BCUT2D eigenvalue weighted by Crippen LogP contribution is 2.58. The lowest BCUT2D eigenvalue weighted by Gasteiger charge is -2.33. The van der Waals surface area contributed by atoms with Crippen molar-refractivity contribution < 1.29 is 4.42 Å². The number of para-hydroxylation sites is 4. The fraction of sp³-hybridized carbons (Fsp3) is 0.0204. The predicted molar refractivity (Wildman–Crippen MR) is 211 cm³/mol. The zero-order valence-electron chi connectivity index (χ0n) is 27.9. The number of benzene rings is 8. The Labute approximate surface area is 297 Å². The Hall–Kier alpha value is -6.64. The first-order valence-corrected chi connectivity index (χ1v) is 17.5. The molecule has 0 saturated heterocycles. The van der Waals surface area contributed by atoms with E-state index in [4.69, 9.17) is 4.42 Å². The number of nitrogens with zero attached hydrogens (tertiary/aromatic N) is 1. The third-order valence-corrected chi connectivity index (χ3v) is 10.6. The lowest BCUT2D eigenvalue weighted by molar-refractivity contribution is 0.648. The molecule has 8 aromatic carbocycles. The quantitative estimate of drug-likeness (QED) is 0.178. The van der Waals surface area contributed by atoms with Crippen molar-refractivity contribution in [3.05, 3.63) is 222 Å². The minimum absolute atomic E-state index is 0.568. The summed E-state index contributed by atoms with van der Waals surface area (Å²) in [7, 11) is 0. The maximum atomic E-state index is 7.33. The van der Waals surface area contributed by atoms with Crippen LogP contribution in [0, 0.1) is 0 Å². The second-order valence-electron chi connectivity index (χ2n) is 13.2. The van der Waals surface area contributed by atoms with Gasteiger partial charge in [0.2, 0.25) is 0 Å². The molecule has 0 bridgehead atoms. The Kier molecular flexibility index (Phi) is 6.75. The summed E-state index contributed by atoms with van der Waals surface area (Å²) in [5.41, 5.74) is 14.1. The van der Waals surface area contributed by atoms with E-state index in [1.165, 1.54) is 27.8 Å². The lowest BCUT2D eigenvalue weighted by Crippen LogP contribution is -2.28. The van der Waals surface area contributed by atoms with Gasteiger partial charge in [-0.2, -0.15) is 0 Å². The van der Waals surface area contributed by atoms with E-state index in [-0.39, 0.29) is 0 Å². The molecule has 1 heterocycles. The second-order valence-corrected chi connectivity index (χ2v) is 13.2. The molecule has 0 radical (unpaired) electrons. The number of rotatable bonds is 6. The normalized spacial score (nSPS) is 12.9. The summed E-state index contributed by atoms with van der Waals surface area (Å²) in [6, 6.07) is 71.8. The van der Waals surface area contributed by atoms with E-state index >= 15 is 0 Å². The van der Waals surface area contributed by atoms with Crippen molar-refractivity contribution in [3.8, 4) is 22.3 Å². The van der Waals surface area contributed by atoms with Crippen molar-refractivity contribution >= 4 is 39.0 Å². The van der Waals surface area contributed by atoms with Gasteiger partial charge in [-0.05, 0) is 57.6 Å². The van der Waals surface area contributed by atoms with E-state index in [9.17, 15) is 0 Å². The van der Waals surface area contributed by atoms with Crippen molar-refractivity contribution in [2.75, 3.05) is 4.90 Å². The van der Waals surface area contributed by atoms with Crippen molar-refractivity contribution in [1.29, 1.82) is 0 Å². The Morgan fingerprint density at radius 1 is 0.353 bits per heavy atom. The molecule has 1 aromatic heterocycles. The van der Waals surface area contributed by atoms with Gasteiger partial charge in [-0.3, -0.25) is 0 Å². The average Bonchev–Trinajstić information content (AvgIpc) is 3.74. The molecule has 0 spiro atoms. The van der Waals surface area contributed by atoms with Crippen LogP contribution in [-0.4, -0.2) is 0 Å². The molecule has 0 unspecified atom stereocenters. The van der Waals surface area contributed by atoms with Crippen LogP contribution in [0.25, 0.3) is 44.2 Å². The van der Waals surface area contributed by atoms with Crippen LogP contribution < -0.4 is 4.90 Å². The van der Waals surface area contributed by atoms with Crippen LogP contribution in [0.3, 0.4) is 0 Å². The molecule has 0 atom stereocenters.